The van der Waals surface area contributed by atoms with Crippen molar-refractivity contribution in [2.75, 3.05) is 11.9 Å². The lowest BCUT2D eigenvalue weighted by Crippen LogP contribution is -2.34. The number of benzene rings is 2. The third kappa shape index (κ3) is 5.59. The van der Waals surface area contributed by atoms with Crippen LogP contribution in [0.15, 0.2) is 90.1 Å². The molecule has 0 aliphatic heterocycles. The molecular weight excluding hydrogens is 464 g/mol. The number of rotatable bonds is 9. The maximum absolute atomic E-state index is 13.4. The van der Waals surface area contributed by atoms with Gasteiger partial charge in [-0.15, -0.1) is 0 Å². The molecule has 1 amide bonds. The molecule has 0 bridgehead atoms. The molecule has 5 aromatic rings. The predicted molar refractivity (Wildman–Crippen MR) is 145 cm³/mol. The Morgan fingerprint density at radius 1 is 1.03 bits per heavy atom. The third-order valence-electron chi connectivity index (χ3n) is 6.33. The van der Waals surface area contributed by atoms with E-state index in [1.807, 2.05) is 54.6 Å². The number of hydrogen-bond donors (Lipinski definition) is 3. The van der Waals surface area contributed by atoms with E-state index in [1.54, 1.807) is 18.6 Å². The quantitative estimate of drug-likeness (QED) is 0.288. The normalized spacial score (nSPS) is 10.9. The van der Waals surface area contributed by atoms with Crippen molar-refractivity contribution in [3.05, 3.63) is 112 Å². The van der Waals surface area contributed by atoms with Crippen LogP contribution in [0.1, 0.15) is 16.8 Å². The molecule has 0 unspecified atom stereocenters. The summed E-state index contributed by atoms with van der Waals surface area (Å²) >= 11 is 0. The molecule has 0 saturated heterocycles. The smallest absolute Gasteiger partial charge is 0.294 e. The predicted octanol–water partition coefficient (Wildman–Crippen LogP) is 4.07. The number of hydrogen-bond acceptors (Lipinski definition) is 5. The van der Waals surface area contributed by atoms with E-state index < -0.39 is 0 Å². The van der Waals surface area contributed by atoms with Crippen molar-refractivity contribution in [3.8, 4) is 11.3 Å². The second kappa shape index (κ2) is 10.9. The van der Waals surface area contributed by atoms with Crippen molar-refractivity contribution in [2.45, 2.75) is 26.4 Å². The number of aromatic amines is 1. The lowest BCUT2D eigenvalue weighted by Gasteiger charge is -2.15. The van der Waals surface area contributed by atoms with E-state index in [0.29, 0.717) is 18.8 Å². The average molecular weight is 493 g/mol. The molecule has 0 aliphatic carbocycles. The third-order valence-corrected chi connectivity index (χ3v) is 6.33. The van der Waals surface area contributed by atoms with E-state index in [-0.39, 0.29) is 23.8 Å². The molecule has 3 aromatic heterocycles. The molecule has 5 rings (SSSR count). The first kappa shape index (κ1) is 24.0. The number of aryl methyl sites for hydroxylation is 1. The van der Waals surface area contributed by atoms with Gasteiger partial charge in [0.05, 0.1) is 18.4 Å². The standard InChI is InChI=1S/C29H28N6O2/c1-20-7-5-6-8-21(20)11-14-31-28-29(37)35(26(18-33-28)22-9-3-2-4-10-22)19-27(36)32-17-24-15-23-16-30-13-12-25(23)34-24/h2-10,12-13,15-16,18,34H,11,14,17,19H2,1H3,(H,31,33)(H,32,36). The second-order valence-corrected chi connectivity index (χ2v) is 8.89. The zero-order valence-corrected chi connectivity index (χ0v) is 20.6. The van der Waals surface area contributed by atoms with Crippen LogP contribution in [0.4, 0.5) is 5.82 Å². The highest BCUT2D eigenvalue weighted by Crippen LogP contribution is 2.18. The fourth-order valence-corrected chi connectivity index (χ4v) is 4.33. The summed E-state index contributed by atoms with van der Waals surface area (Å²) in [5.41, 5.74) is 5.30. The highest BCUT2D eigenvalue weighted by atomic mass is 16.2. The number of amides is 1. The molecular formula is C29H28N6O2. The van der Waals surface area contributed by atoms with Gasteiger partial charge in [-0.1, -0.05) is 54.6 Å². The molecule has 37 heavy (non-hydrogen) atoms. The monoisotopic (exact) mass is 492 g/mol. The van der Waals surface area contributed by atoms with Gasteiger partial charge in [0.2, 0.25) is 5.91 Å². The summed E-state index contributed by atoms with van der Waals surface area (Å²) in [4.78, 5) is 38.2. The zero-order chi connectivity index (χ0) is 25.6. The van der Waals surface area contributed by atoms with Crippen molar-refractivity contribution in [2.24, 2.45) is 0 Å². The largest absolute Gasteiger partial charge is 0.365 e. The second-order valence-electron chi connectivity index (χ2n) is 8.89. The molecule has 0 aliphatic rings. The van der Waals surface area contributed by atoms with Crippen molar-refractivity contribution < 1.29 is 4.79 Å². The van der Waals surface area contributed by atoms with Gasteiger partial charge in [0, 0.05) is 35.5 Å². The maximum Gasteiger partial charge on any atom is 0.294 e. The first-order valence-corrected chi connectivity index (χ1v) is 12.2. The van der Waals surface area contributed by atoms with Gasteiger partial charge < -0.3 is 15.6 Å². The Morgan fingerprint density at radius 2 is 1.84 bits per heavy atom. The number of H-pyrrole nitrogens is 1. The van der Waals surface area contributed by atoms with E-state index >= 15 is 0 Å². The highest BCUT2D eigenvalue weighted by Gasteiger charge is 2.15. The van der Waals surface area contributed by atoms with Gasteiger partial charge in [-0.25, -0.2) is 4.98 Å². The minimum absolute atomic E-state index is 0.125. The Morgan fingerprint density at radius 3 is 2.65 bits per heavy atom. The van der Waals surface area contributed by atoms with Crippen molar-refractivity contribution in [1.82, 2.24) is 24.8 Å². The van der Waals surface area contributed by atoms with Crippen molar-refractivity contribution in [3.63, 3.8) is 0 Å². The molecule has 2 aromatic carbocycles. The highest BCUT2D eigenvalue weighted by molar-refractivity contribution is 5.80. The van der Waals surface area contributed by atoms with Crippen LogP contribution in [-0.4, -0.2) is 32.0 Å². The van der Waals surface area contributed by atoms with Gasteiger partial charge in [-0.3, -0.25) is 19.1 Å². The Labute approximate surface area is 214 Å². The van der Waals surface area contributed by atoms with E-state index in [1.165, 1.54) is 15.7 Å². The van der Waals surface area contributed by atoms with Crippen LogP contribution in [0.25, 0.3) is 22.2 Å². The Balaban J connectivity index is 1.34. The summed E-state index contributed by atoms with van der Waals surface area (Å²) < 4.78 is 1.48. The van der Waals surface area contributed by atoms with E-state index in [2.05, 4.69) is 44.6 Å². The number of pyridine rings is 1. The van der Waals surface area contributed by atoms with Gasteiger partial charge in [0.25, 0.3) is 5.56 Å². The molecule has 3 N–H and O–H groups in total. The van der Waals surface area contributed by atoms with Crippen molar-refractivity contribution in [1.29, 1.82) is 0 Å². The average Bonchev–Trinajstić information content (AvgIpc) is 3.34. The number of anilines is 1. The summed E-state index contributed by atoms with van der Waals surface area (Å²) in [6.45, 7) is 2.81. The van der Waals surface area contributed by atoms with Crippen LogP contribution in [0.2, 0.25) is 0 Å². The van der Waals surface area contributed by atoms with E-state index in [9.17, 15) is 9.59 Å². The number of carbonyl (C=O) groups excluding carboxylic acids is 1. The maximum atomic E-state index is 13.4. The fourth-order valence-electron chi connectivity index (χ4n) is 4.33. The topological polar surface area (TPSA) is 105 Å². The number of nitrogens with zero attached hydrogens (tertiary/aromatic N) is 3. The lowest BCUT2D eigenvalue weighted by molar-refractivity contribution is -0.121. The van der Waals surface area contributed by atoms with Crippen molar-refractivity contribution >= 4 is 22.6 Å². The van der Waals surface area contributed by atoms with Gasteiger partial charge in [0.15, 0.2) is 5.82 Å². The van der Waals surface area contributed by atoms with Crippen LogP contribution in [0, 0.1) is 6.92 Å². The molecule has 0 spiro atoms. The molecule has 0 radical (unpaired) electrons. The minimum Gasteiger partial charge on any atom is -0.365 e. The van der Waals surface area contributed by atoms with Gasteiger partial charge in [-0.05, 0) is 42.2 Å². The number of nitrogens with one attached hydrogen (secondary N) is 3. The van der Waals surface area contributed by atoms with Gasteiger partial charge >= 0.3 is 0 Å². The summed E-state index contributed by atoms with van der Waals surface area (Å²) in [5, 5.41) is 7.06. The van der Waals surface area contributed by atoms with Crippen LogP contribution in [0.5, 0.6) is 0 Å². The molecule has 0 fully saturated rings. The summed E-state index contributed by atoms with van der Waals surface area (Å²) in [5.74, 6) is -0.0442. The summed E-state index contributed by atoms with van der Waals surface area (Å²) in [6.07, 6.45) is 5.89. The van der Waals surface area contributed by atoms with E-state index in [4.69, 9.17) is 0 Å². The molecule has 0 saturated carbocycles. The minimum atomic E-state index is -0.335. The van der Waals surface area contributed by atoms with Crippen LogP contribution in [-0.2, 0) is 24.3 Å². The van der Waals surface area contributed by atoms with Crippen LogP contribution < -0.4 is 16.2 Å². The first-order valence-electron chi connectivity index (χ1n) is 12.2. The fraction of sp³-hybridized carbons (Fsp3) is 0.172. The first-order chi connectivity index (χ1) is 18.1. The van der Waals surface area contributed by atoms with Crippen LogP contribution in [0.3, 0.4) is 0 Å². The van der Waals surface area contributed by atoms with Crippen LogP contribution >= 0.6 is 0 Å². The summed E-state index contributed by atoms with van der Waals surface area (Å²) in [6, 6.07) is 21.5. The zero-order valence-electron chi connectivity index (χ0n) is 20.6. The Kier molecular flexibility index (Phi) is 7.07. The molecule has 8 heteroatoms. The van der Waals surface area contributed by atoms with E-state index in [0.717, 1.165) is 28.6 Å². The van der Waals surface area contributed by atoms with Gasteiger partial charge in [0.1, 0.15) is 6.54 Å². The number of fused-ring (bicyclic) bond motifs is 1. The number of carbonyl (C=O) groups is 1. The molecule has 0 atom stereocenters. The molecule has 8 nitrogen and oxygen atoms in total. The summed E-state index contributed by atoms with van der Waals surface area (Å²) in [7, 11) is 0. The number of aromatic nitrogens is 4. The SMILES string of the molecule is Cc1ccccc1CCNc1ncc(-c2ccccc2)n(CC(=O)NCc2cc3cnccc3[nH]2)c1=O. The Bertz CT molecular complexity index is 1560. The molecule has 186 valence electrons. The molecule has 3 heterocycles. The van der Waals surface area contributed by atoms with Gasteiger partial charge in [-0.2, -0.15) is 0 Å². The lowest BCUT2D eigenvalue weighted by atomic mass is 10.1. The Hall–Kier alpha value is -4.72.